The molecule has 0 aromatic heterocycles. The van der Waals surface area contributed by atoms with E-state index in [1.165, 1.54) is 5.56 Å². The third-order valence-electron chi connectivity index (χ3n) is 4.25. The lowest BCUT2D eigenvalue weighted by Gasteiger charge is -2.09. The van der Waals surface area contributed by atoms with Crippen molar-refractivity contribution in [2.75, 3.05) is 0 Å². The van der Waals surface area contributed by atoms with Gasteiger partial charge in [-0.1, -0.05) is 51.0 Å². The van der Waals surface area contributed by atoms with E-state index in [4.69, 9.17) is 0 Å². The molecule has 21 heavy (non-hydrogen) atoms. The molecule has 0 N–H and O–H groups in total. The van der Waals surface area contributed by atoms with E-state index in [9.17, 15) is 8.78 Å². The molecule has 2 aromatic rings. The summed E-state index contributed by atoms with van der Waals surface area (Å²) in [5, 5.41) is 0. The van der Waals surface area contributed by atoms with Gasteiger partial charge in [-0.05, 0) is 47.1 Å². The van der Waals surface area contributed by atoms with Gasteiger partial charge in [0.2, 0.25) is 0 Å². The van der Waals surface area contributed by atoms with Crippen LogP contribution >= 0.6 is 0 Å². The fourth-order valence-corrected chi connectivity index (χ4v) is 3.28. The quantitative estimate of drug-likeness (QED) is 0.599. The minimum absolute atomic E-state index is 0.486. The molecule has 0 unspecified atom stereocenters. The number of rotatable bonds is 4. The highest BCUT2D eigenvalue weighted by atomic mass is 19.2. The predicted molar refractivity (Wildman–Crippen MR) is 82.6 cm³/mol. The Morgan fingerprint density at radius 3 is 2.38 bits per heavy atom. The zero-order valence-corrected chi connectivity index (χ0v) is 12.6. The molecule has 0 aliphatic heterocycles. The maximum absolute atomic E-state index is 14.5. The first-order valence-corrected chi connectivity index (χ1v) is 7.77. The van der Waals surface area contributed by atoms with Gasteiger partial charge >= 0.3 is 0 Å². The van der Waals surface area contributed by atoms with Crippen molar-refractivity contribution in [3.8, 4) is 11.1 Å². The van der Waals surface area contributed by atoms with Gasteiger partial charge in [0.1, 0.15) is 0 Å². The second kappa shape index (κ2) is 5.59. The molecule has 0 spiro atoms. The van der Waals surface area contributed by atoms with Crippen molar-refractivity contribution in [1.29, 1.82) is 0 Å². The van der Waals surface area contributed by atoms with Crippen molar-refractivity contribution in [3.63, 3.8) is 0 Å². The van der Waals surface area contributed by atoms with E-state index in [0.717, 1.165) is 36.0 Å². The zero-order valence-electron chi connectivity index (χ0n) is 12.6. The minimum atomic E-state index is -0.664. The van der Waals surface area contributed by atoms with Crippen LogP contribution in [0.5, 0.6) is 0 Å². The highest BCUT2D eigenvalue weighted by Gasteiger charge is 2.26. The first-order chi connectivity index (χ1) is 10.2. The second-order valence-corrected chi connectivity index (χ2v) is 5.87. The summed E-state index contributed by atoms with van der Waals surface area (Å²) in [5.74, 6) is -1.33. The summed E-state index contributed by atoms with van der Waals surface area (Å²) in [4.78, 5) is 0. The lowest BCUT2D eigenvalue weighted by atomic mass is 9.98. The predicted octanol–water partition coefficient (Wildman–Crippen LogP) is 5.44. The normalized spacial score (nSPS) is 12.4. The van der Waals surface area contributed by atoms with Crippen LogP contribution in [0.2, 0.25) is 0 Å². The summed E-state index contributed by atoms with van der Waals surface area (Å²) >= 11 is 0. The molecule has 0 nitrogen and oxygen atoms in total. The van der Waals surface area contributed by atoms with Crippen molar-refractivity contribution in [2.45, 2.75) is 46.0 Å². The van der Waals surface area contributed by atoms with E-state index in [-0.39, 0.29) is 0 Å². The van der Waals surface area contributed by atoms with E-state index in [2.05, 4.69) is 19.1 Å². The molecule has 1 aliphatic carbocycles. The Morgan fingerprint density at radius 2 is 1.67 bits per heavy atom. The van der Waals surface area contributed by atoms with Gasteiger partial charge in [-0.25, -0.2) is 8.78 Å². The molecular formula is C19H20F2. The van der Waals surface area contributed by atoms with Gasteiger partial charge in [0.05, 0.1) is 0 Å². The van der Waals surface area contributed by atoms with Crippen LogP contribution in [-0.2, 0) is 19.3 Å². The Bertz CT molecular complexity index is 686. The fourth-order valence-electron chi connectivity index (χ4n) is 3.28. The van der Waals surface area contributed by atoms with Gasteiger partial charge in [0, 0.05) is 5.56 Å². The Kier molecular flexibility index (Phi) is 3.79. The molecule has 2 aromatic carbocycles. The summed E-state index contributed by atoms with van der Waals surface area (Å²) < 4.78 is 28.7. The average molecular weight is 286 g/mol. The SMILES string of the molecule is CCCc1ccc2c(c1)-c1c(cc(CCC)c(F)c1F)C2. The van der Waals surface area contributed by atoms with Crippen molar-refractivity contribution < 1.29 is 8.78 Å². The molecule has 0 radical (unpaired) electrons. The number of hydrogen-bond acceptors (Lipinski definition) is 0. The van der Waals surface area contributed by atoms with Crippen LogP contribution in [0.4, 0.5) is 8.78 Å². The number of hydrogen-bond donors (Lipinski definition) is 0. The van der Waals surface area contributed by atoms with Gasteiger partial charge in [-0.2, -0.15) is 0 Å². The van der Waals surface area contributed by atoms with E-state index in [1.807, 2.05) is 19.1 Å². The third kappa shape index (κ3) is 2.37. The van der Waals surface area contributed by atoms with E-state index in [1.54, 1.807) is 0 Å². The number of benzene rings is 2. The van der Waals surface area contributed by atoms with E-state index < -0.39 is 11.6 Å². The maximum Gasteiger partial charge on any atom is 0.167 e. The highest BCUT2D eigenvalue weighted by Crippen LogP contribution is 2.41. The van der Waals surface area contributed by atoms with Crippen molar-refractivity contribution in [1.82, 2.24) is 0 Å². The van der Waals surface area contributed by atoms with Crippen LogP contribution in [0.15, 0.2) is 24.3 Å². The molecule has 0 amide bonds. The molecule has 110 valence electrons. The van der Waals surface area contributed by atoms with Crippen LogP contribution in [0.1, 0.15) is 48.9 Å². The summed E-state index contributed by atoms with van der Waals surface area (Å²) in [6.07, 6.45) is 4.15. The van der Waals surface area contributed by atoms with Crippen LogP contribution < -0.4 is 0 Å². The first-order valence-electron chi connectivity index (χ1n) is 7.77. The van der Waals surface area contributed by atoms with Crippen molar-refractivity contribution in [2.24, 2.45) is 0 Å². The first kappa shape index (κ1) is 14.2. The Labute approximate surface area is 124 Å². The van der Waals surface area contributed by atoms with Crippen LogP contribution in [0.3, 0.4) is 0 Å². The molecule has 3 rings (SSSR count). The molecule has 0 saturated heterocycles. The second-order valence-electron chi connectivity index (χ2n) is 5.87. The Morgan fingerprint density at radius 1 is 0.905 bits per heavy atom. The molecule has 0 fully saturated rings. The molecule has 2 heteroatoms. The van der Waals surface area contributed by atoms with Crippen LogP contribution in [-0.4, -0.2) is 0 Å². The molecule has 0 heterocycles. The topological polar surface area (TPSA) is 0 Å². The number of halogens is 2. The molecule has 0 bridgehead atoms. The Balaban J connectivity index is 2.13. The number of fused-ring (bicyclic) bond motifs is 3. The van der Waals surface area contributed by atoms with Gasteiger partial charge in [-0.15, -0.1) is 0 Å². The molecular weight excluding hydrogens is 266 g/mol. The highest BCUT2D eigenvalue weighted by molar-refractivity contribution is 5.78. The summed E-state index contributed by atoms with van der Waals surface area (Å²) in [6, 6.07) is 8.07. The molecule has 0 atom stereocenters. The summed E-state index contributed by atoms with van der Waals surface area (Å²) in [6.45, 7) is 4.11. The largest absolute Gasteiger partial charge is 0.203 e. The minimum Gasteiger partial charge on any atom is -0.203 e. The number of aryl methyl sites for hydroxylation is 2. The van der Waals surface area contributed by atoms with E-state index in [0.29, 0.717) is 24.0 Å². The van der Waals surface area contributed by atoms with Crippen LogP contribution in [0.25, 0.3) is 11.1 Å². The summed E-state index contributed by atoms with van der Waals surface area (Å²) in [7, 11) is 0. The third-order valence-corrected chi connectivity index (χ3v) is 4.25. The van der Waals surface area contributed by atoms with Gasteiger partial charge in [-0.3, -0.25) is 0 Å². The Hall–Kier alpha value is -1.70. The lowest BCUT2D eigenvalue weighted by molar-refractivity contribution is 0.500. The van der Waals surface area contributed by atoms with Gasteiger partial charge in [0.15, 0.2) is 11.6 Å². The van der Waals surface area contributed by atoms with Crippen molar-refractivity contribution in [3.05, 3.63) is 58.2 Å². The summed E-state index contributed by atoms with van der Waals surface area (Å²) in [5.41, 5.74) is 5.12. The molecule has 0 saturated carbocycles. The van der Waals surface area contributed by atoms with Gasteiger partial charge < -0.3 is 0 Å². The average Bonchev–Trinajstić information content (AvgIpc) is 2.82. The molecule has 1 aliphatic rings. The standard InChI is InChI=1S/C19H20F2/c1-3-5-12-7-8-13-10-15-11-14(6-4-2)18(20)19(21)17(15)16(13)9-12/h7-9,11H,3-6,10H2,1-2H3. The van der Waals surface area contributed by atoms with Crippen LogP contribution in [0, 0.1) is 11.6 Å². The smallest absolute Gasteiger partial charge is 0.167 e. The maximum atomic E-state index is 14.5. The zero-order chi connectivity index (χ0) is 15.0. The fraction of sp³-hybridized carbons (Fsp3) is 0.368. The van der Waals surface area contributed by atoms with E-state index >= 15 is 0 Å². The van der Waals surface area contributed by atoms with Gasteiger partial charge in [0.25, 0.3) is 0 Å². The lowest BCUT2D eigenvalue weighted by Crippen LogP contribution is -1.99. The van der Waals surface area contributed by atoms with Crippen molar-refractivity contribution >= 4 is 0 Å². The monoisotopic (exact) mass is 286 g/mol.